The average molecular weight is 277 g/mol. The van der Waals surface area contributed by atoms with Gasteiger partial charge in [-0.05, 0) is 42.9 Å². The van der Waals surface area contributed by atoms with Crippen molar-refractivity contribution in [3.05, 3.63) is 35.4 Å². The van der Waals surface area contributed by atoms with Crippen molar-refractivity contribution in [1.82, 2.24) is 5.32 Å². The summed E-state index contributed by atoms with van der Waals surface area (Å²) < 4.78 is 5.89. The average Bonchev–Trinajstić information content (AvgIpc) is 2.42. The van der Waals surface area contributed by atoms with Crippen LogP contribution in [0.5, 0.6) is 0 Å². The second kappa shape index (κ2) is 9.15. The van der Waals surface area contributed by atoms with E-state index in [1.165, 1.54) is 11.1 Å². The van der Waals surface area contributed by atoms with Crippen molar-refractivity contribution in [3.63, 3.8) is 0 Å². The van der Waals surface area contributed by atoms with Crippen molar-refractivity contribution >= 4 is 0 Å². The molecule has 0 aromatic heterocycles. The topological polar surface area (TPSA) is 21.3 Å². The van der Waals surface area contributed by atoms with Crippen LogP contribution in [0, 0.1) is 5.92 Å². The van der Waals surface area contributed by atoms with Crippen molar-refractivity contribution in [2.75, 3.05) is 13.1 Å². The molecule has 0 aliphatic rings. The van der Waals surface area contributed by atoms with E-state index >= 15 is 0 Å². The van der Waals surface area contributed by atoms with Gasteiger partial charge in [0, 0.05) is 6.54 Å². The summed E-state index contributed by atoms with van der Waals surface area (Å²) in [7, 11) is 0. The summed E-state index contributed by atoms with van der Waals surface area (Å²) in [6.45, 7) is 13.8. The molecule has 20 heavy (non-hydrogen) atoms. The molecule has 0 amide bonds. The fraction of sp³-hybridized carbons (Fsp3) is 0.667. The lowest BCUT2D eigenvalue weighted by Crippen LogP contribution is -2.19. The minimum Gasteiger partial charge on any atom is -0.374 e. The standard InChI is InChI=1S/C18H31NO/c1-6-19-12-15(4)18-9-7-17(8-10-18)13-20-16(5)11-14(2)3/h7-10,14-16,19H,6,11-13H2,1-5H3. The molecular weight excluding hydrogens is 246 g/mol. The molecule has 2 unspecified atom stereocenters. The van der Waals surface area contributed by atoms with Gasteiger partial charge in [0.2, 0.25) is 0 Å². The Bertz CT molecular complexity index is 358. The van der Waals surface area contributed by atoms with E-state index in [-0.39, 0.29) is 0 Å². The van der Waals surface area contributed by atoms with Gasteiger partial charge in [-0.15, -0.1) is 0 Å². The lowest BCUT2D eigenvalue weighted by atomic mass is 10.00. The molecule has 0 radical (unpaired) electrons. The number of ether oxygens (including phenoxy) is 1. The zero-order chi connectivity index (χ0) is 15.0. The summed E-state index contributed by atoms with van der Waals surface area (Å²) in [5, 5.41) is 3.39. The number of rotatable bonds is 9. The third kappa shape index (κ3) is 6.53. The van der Waals surface area contributed by atoms with Crippen molar-refractivity contribution in [1.29, 1.82) is 0 Å². The van der Waals surface area contributed by atoms with Gasteiger partial charge in [-0.25, -0.2) is 0 Å². The van der Waals surface area contributed by atoms with Gasteiger partial charge in [-0.1, -0.05) is 52.0 Å². The second-order valence-electron chi connectivity index (χ2n) is 6.20. The second-order valence-corrected chi connectivity index (χ2v) is 6.20. The maximum atomic E-state index is 5.89. The lowest BCUT2D eigenvalue weighted by Gasteiger charge is -2.16. The van der Waals surface area contributed by atoms with E-state index in [1.54, 1.807) is 0 Å². The van der Waals surface area contributed by atoms with Crippen LogP contribution in [0.2, 0.25) is 0 Å². The Morgan fingerprint density at radius 2 is 1.70 bits per heavy atom. The fourth-order valence-corrected chi connectivity index (χ4v) is 2.39. The first-order valence-corrected chi connectivity index (χ1v) is 7.94. The van der Waals surface area contributed by atoms with Gasteiger partial charge >= 0.3 is 0 Å². The molecule has 0 heterocycles. The van der Waals surface area contributed by atoms with Crippen molar-refractivity contribution < 1.29 is 4.74 Å². The van der Waals surface area contributed by atoms with E-state index in [0.29, 0.717) is 17.9 Å². The Morgan fingerprint density at radius 3 is 2.25 bits per heavy atom. The number of hydrogen-bond acceptors (Lipinski definition) is 2. The molecule has 1 aromatic rings. The molecule has 2 nitrogen and oxygen atoms in total. The summed E-state index contributed by atoms with van der Waals surface area (Å²) in [6, 6.07) is 8.85. The zero-order valence-electron chi connectivity index (χ0n) is 13.8. The zero-order valence-corrected chi connectivity index (χ0v) is 13.8. The number of nitrogens with one attached hydrogen (secondary N) is 1. The maximum Gasteiger partial charge on any atom is 0.0720 e. The molecule has 0 spiro atoms. The minimum absolute atomic E-state index is 0.336. The monoisotopic (exact) mass is 277 g/mol. The van der Waals surface area contributed by atoms with Gasteiger partial charge in [-0.2, -0.15) is 0 Å². The molecule has 0 saturated carbocycles. The van der Waals surface area contributed by atoms with Gasteiger partial charge in [-0.3, -0.25) is 0 Å². The first-order chi connectivity index (χ1) is 9.52. The van der Waals surface area contributed by atoms with E-state index in [0.717, 1.165) is 26.1 Å². The van der Waals surface area contributed by atoms with Crippen LogP contribution in [0.3, 0.4) is 0 Å². The van der Waals surface area contributed by atoms with Crippen LogP contribution in [-0.2, 0) is 11.3 Å². The fourth-order valence-electron chi connectivity index (χ4n) is 2.39. The molecule has 0 bridgehead atoms. The summed E-state index contributed by atoms with van der Waals surface area (Å²) in [4.78, 5) is 0. The SMILES string of the molecule is CCNCC(C)c1ccc(COC(C)CC(C)C)cc1. The van der Waals surface area contributed by atoms with E-state index in [1.807, 2.05) is 0 Å². The minimum atomic E-state index is 0.336. The molecule has 1 aromatic carbocycles. The number of likely N-dealkylation sites (N-methyl/N-ethyl adjacent to an activating group) is 1. The number of benzene rings is 1. The first-order valence-electron chi connectivity index (χ1n) is 7.94. The van der Waals surface area contributed by atoms with Crippen LogP contribution in [0.1, 0.15) is 58.1 Å². The lowest BCUT2D eigenvalue weighted by molar-refractivity contribution is 0.0397. The summed E-state index contributed by atoms with van der Waals surface area (Å²) in [6.07, 6.45) is 1.46. The predicted molar refractivity (Wildman–Crippen MR) is 87.1 cm³/mol. The highest BCUT2D eigenvalue weighted by molar-refractivity contribution is 5.24. The molecule has 2 atom stereocenters. The maximum absolute atomic E-state index is 5.89. The van der Waals surface area contributed by atoms with Crippen LogP contribution in [-0.4, -0.2) is 19.2 Å². The van der Waals surface area contributed by atoms with Crippen molar-refractivity contribution in [2.24, 2.45) is 5.92 Å². The van der Waals surface area contributed by atoms with Gasteiger partial charge in [0.1, 0.15) is 0 Å². The number of hydrogen-bond donors (Lipinski definition) is 1. The Kier molecular flexibility index (Phi) is 7.86. The molecule has 0 fully saturated rings. The summed E-state index contributed by atoms with van der Waals surface area (Å²) in [5.74, 6) is 1.25. The highest BCUT2D eigenvalue weighted by Gasteiger charge is 2.07. The molecule has 114 valence electrons. The quantitative estimate of drug-likeness (QED) is 0.724. The van der Waals surface area contributed by atoms with Crippen LogP contribution >= 0.6 is 0 Å². The Morgan fingerprint density at radius 1 is 1.05 bits per heavy atom. The van der Waals surface area contributed by atoms with Crippen LogP contribution in [0.15, 0.2) is 24.3 Å². The van der Waals surface area contributed by atoms with Gasteiger partial charge in [0.25, 0.3) is 0 Å². The Labute approximate surface area is 124 Å². The van der Waals surface area contributed by atoms with Crippen LogP contribution in [0.4, 0.5) is 0 Å². The smallest absolute Gasteiger partial charge is 0.0720 e. The largest absolute Gasteiger partial charge is 0.374 e. The highest BCUT2D eigenvalue weighted by atomic mass is 16.5. The molecule has 2 heteroatoms. The van der Waals surface area contributed by atoms with E-state index < -0.39 is 0 Å². The molecule has 1 N–H and O–H groups in total. The van der Waals surface area contributed by atoms with E-state index in [2.05, 4.69) is 64.2 Å². The third-order valence-corrected chi connectivity index (χ3v) is 3.59. The predicted octanol–water partition coefficient (Wildman–Crippen LogP) is 4.35. The van der Waals surface area contributed by atoms with Gasteiger partial charge in [0.15, 0.2) is 0 Å². The van der Waals surface area contributed by atoms with Crippen molar-refractivity contribution in [3.8, 4) is 0 Å². The normalized spacial score (nSPS) is 14.5. The molecule has 0 saturated heterocycles. The van der Waals surface area contributed by atoms with E-state index in [9.17, 15) is 0 Å². The first kappa shape index (κ1) is 17.2. The van der Waals surface area contributed by atoms with Gasteiger partial charge in [0.05, 0.1) is 12.7 Å². The molecular formula is C18H31NO. The Balaban J connectivity index is 2.42. The third-order valence-electron chi connectivity index (χ3n) is 3.59. The summed E-state index contributed by atoms with van der Waals surface area (Å²) >= 11 is 0. The molecule has 1 rings (SSSR count). The highest BCUT2D eigenvalue weighted by Crippen LogP contribution is 2.16. The van der Waals surface area contributed by atoms with E-state index in [4.69, 9.17) is 4.74 Å². The molecule has 0 aliphatic heterocycles. The Hall–Kier alpha value is -0.860. The van der Waals surface area contributed by atoms with Crippen LogP contribution in [0.25, 0.3) is 0 Å². The van der Waals surface area contributed by atoms with Gasteiger partial charge < -0.3 is 10.1 Å². The molecule has 0 aliphatic carbocycles. The van der Waals surface area contributed by atoms with Crippen molar-refractivity contribution in [2.45, 2.75) is 59.7 Å². The van der Waals surface area contributed by atoms with Crippen LogP contribution < -0.4 is 5.32 Å². The summed E-state index contributed by atoms with van der Waals surface area (Å²) in [5.41, 5.74) is 2.66.